The molecule has 2 N–H and O–H groups in total. The number of nitrogens with one attached hydrogen (secondary N) is 1. The lowest BCUT2D eigenvalue weighted by Crippen LogP contribution is -2.70. The lowest BCUT2D eigenvalue weighted by atomic mass is 9.96. The van der Waals surface area contributed by atoms with Crippen LogP contribution in [0.15, 0.2) is 29.2 Å². The summed E-state index contributed by atoms with van der Waals surface area (Å²) in [6.45, 7) is 0. The average molecular weight is 439 g/mol. The molecule has 0 spiro atoms. The quantitative estimate of drug-likeness (QED) is 0.659. The average Bonchev–Trinajstić information content (AvgIpc) is 2.47. The summed E-state index contributed by atoms with van der Waals surface area (Å²) in [5.41, 5.74) is -2.27. The number of amides is 1. The number of carbonyl (C=O) groups is 2. The number of hydrogen-bond donors (Lipinski definition) is 2. The summed E-state index contributed by atoms with van der Waals surface area (Å²) in [6.07, 6.45) is 0. The predicted molar refractivity (Wildman–Crippen MR) is 85.1 cm³/mol. The number of benzene rings is 1. The smallest absolute Gasteiger partial charge is 0.329 e. The molecule has 1 atom stereocenters. The fourth-order valence-corrected chi connectivity index (χ4v) is 5.22. The molecule has 0 radical (unpaired) electrons. The van der Waals surface area contributed by atoms with Gasteiger partial charge in [0.1, 0.15) is 10.5 Å². The summed E-state index contributed by atoms with van der Waals surface area (Å²) < 4.78 is 91.1. The summed E-state index contributed by atoms with van der Waals surface area (Å²) in [6, 6.07) is -0.899. The van der Waals surface area contributed by atoms with Crippen molar-refractivity contribution < 1.29 is 47.3 Å². The van der Waals surface area contributed by atoms with Crippen molar-refractivity contribution in [1.82, 2.24) is 5.32 Å². The Hall–Kier alpha value is -1.93. The van der Waals surface area contributed by atoms with Gasteiger partial charge in [0.15, 0.2) is 15.9 Å². The van der Waals surface area contributed by atoms with Crippen LogP contribution in [0.25, 0.3) is 0 Å². The molecule has 154 valence electrons. The van der Waals surface area contributed by atoms with Crippen molar-refractivity contribution in [3.63, 3.8) is 0 Å². The number of ether oxygens (including phenoxy) is 1. The van der Waals surface area contributed by atoms with E-state index in [0.717, 1.165) is 7.11 Å². The number of sulfone groups is 1. The van der Waals surface area contributed by atoms with Gasteiger partial charge in [0, 0.05) is 12.7 Å². The Kier molecular flexibility index (Phi) is 4.39. The van der Waals surface area contributed by atoms with E-state index in [-0.39, 0.29) is 12.1 Å². The second-order valence-corrected chi connectivity index (χ2v) is 10.5. The molecular weight excluding hydrogens is 425 g/mol. The molecule has 7 nitrogen and oxygen atoms in total. The van der Waals surface area contributed by atoms with Gasteiger partial charge in [0.05, 0.1) is 11.5 Å². The summed E-state index contributed by atoms with van der Waals surface area (Å²) in [5, 5.41) is 11.2. The third kappa shape index (κ3) is 4.50. The summed E-state index contributed by atoms with van der Waals surface area (Å²) in [7, 11) is -12.4. The Morgan fingerprint density at radius 2 is 1.63 bits per heavy atom. The molecule has 1 aliphatic heterocycles. The van der Waals surface area contributed by atoms with Crippen molar-refractivity contribution in [2.75, 3.05) is 18.6 Å². The normalized spacial score (nSPS) is 21.9. The van der Waals surface area contributed by atoms with Crippen LogP contribution in [0.1, 0.15) is 10.4 Å². The maximum absolute atomic E-state index is 12.7. The molecule has 0 aromatic heterocycles. The molecular formula is C13H14F5NO6S2. The molecule has 0 aliphatic carbocycles. The van der Waals surface area contributed by atoms with Crippen molar-refractivity contribution in [3.05, 3.63) is 29.8 Å². The number of carboxylic acids is 1. The van der Waals surface area contributed by atoms with Gasteiger partial charge in [-0.05, 0) is 24.3 Å². The number of carbonyl (C=O) groups excluding carboxylic acids is 1. The van der Waals surface area contributed by atoms with Crippen molar-refractivity contribution in [1.29, 1.82) is 0 Å². The number of methoxy groups -OCH3 is 1. The standard InChI is InChI=1S/C13H14F5NO6S2/c1-25-13(6-26(23,24)7-13)10(12(21)22)19-11(20)8-2-4-9(5-3-8)27(14,15,16,17)18/h2-5,10H,6-7H2,1H3,(H,19,20)(H,21,22). The van der Waals surface area contributed by atoms with Gasteiger partial charge in [0.2, 0.25) is 0 Å². The molecule has 1 heterocycles. The van der Waals surface area contributed by atoms with Gasteiger partial charge in [-0.15, -0.1) is 0 Å². The first-order valence-electron chi connectivity index (χ1n) is 7.03. The molecule has 1 aromatic rings. The Balaban J connectivity index is 2.26. The molecule has 14 heteroatoms. The fraction of sp³-hybridized carbons (Fsp3) is 0.385. The van der Waals surface area contributed by atoms with Crippen molar-refractivity contribution in [3.8, 4) is 0 Å². The molecule has 1 aliphatic rings. The second-order valence-electron chi connectivity index (χ2n) is 6.04. The van der Waals surface area contributed by atoms with Gasteiger partial charge in [-0.3, -0.25) is 4.79 Å². The molecule has 2 rings (SSSR count). The molecule has 1 aromatic carbocycles. The summed E-state index contributed by atoms with van der Waals surface area (Å²) in [4.78, 5) is 21.3. The van der Waals surface area contributed by atoms with Crippen LogP contribution in [0, 0.1) is 0 Å². The SMILES string of the molecule is COC1(C(NC(=O)c2ccc(S(F)(F)(F)(F)F)cc2)C(=O)O)CS(=O)(=O)C1. The lowest BCUT2D eigenvalue weighted by molar-refractivity contribution is -0.147. The monoisotopic (exact) mass is 439 g/mol. The highest BCUT2D eigenvalue weighted by atomic mass is 32.5. The third-order valence-electron chi connectivity index (χ3n) is 3.95. The van der Waals surface area contributed by atoms with Crippen LogP contribution >= 0.6 is 10.2 Å². The Morgan fingerprint density at radius 3 is 1.96 bits per heavy atom. The van der Waals surface area contributed by atoms with E-state index in [2.05, 4.69) is 0 Å². The van der Waals surface area contributed by atoms with Crippen LogP contribution in [-0.4, -0.2) is 55.7 Å². The van der Waals surface area contributed by atoms with Gasteiger partial charge in [-0.1, -0.05) is 19.4 Å². The van der Waals surface area contributed by atoms with Gasteiger partial charge in [-0.2, -0.15) is 0 Å². The van der Waals surface area contributed by atoms with Gasteiger partial charge >= 0.3 is 16.2 Å². The molecule has 1 unspecified atom stereocenters. The van der Waals surface area contributed by atoms with E-state index in [1.54, 1.807) is 0 Å². The van der Waals surface area contributed by atoms with Crippen LogP contribution in [0.5, 0.6) is 0 Å². The van der Waals surface area contributed by atoms with Crippen LogP contribution in [0.3, 0.4) is 0 Å². The van der Waals surface area contributed by atoms with Gasteiger partial charge in [-0.25, -0.2) is 13.2 Å². The molecule has 1 fully saturated rings. The zero-order valence-corrected chi connectivity index (χ0v) is 15.1. The molecule has 0 bridgehead atoms. The van der Waals surface area contributed by atoms with Crippen LogP contribution in [0.2, 0.25) is 0 Å². The Morgan fingerprint density at radius 1 is 1.15 bits per heavy atom. The zero-order valence-electron chi connectivity index (χ0n) is 13.5. The molecule has 0 saturated carbocycles. The first-order chi connectivity index (χ1) is 11.9. The van der Waals surface area contributed by atoms with E-state index >= 15 is 0 Å². The number of rotatable bonds is 6. The molecule has 1 saturated heterocycles. The first-order valence-corrected chi connectivity index (χ1v) is 10.8. The minimum absolute atomic E-state index is 0.00609. The van der Waals surface area contributed by atoms with Gasteiger partial charge in [0.25, 0.3) is 5.91 Å². The second kappa shape index (κ2) is 5.54. The van der Waals surface area contributed by atoms with Crippen LogP contribution in [-0.2, 0) is 19.4 Å². The topological polar surface area (TPSA) is 110 Å². The van der Waals surface area contributed by atoms with E-state index in [0.29, 0.717) is 12.1 Å². The van der Waals surface area contributed by atoms with Crippen LogP contribution in [0.4, 0.5) is 19.4 Å². The van der Waals surface area contributed by atoms with E-state index < -0.39 is 65.5 Å². The molecule has 1 amide bonds. The number of hydrogen-bond acceptors (Lipinski definition) is 5. The summed E-state index contributed by atoms with van der Waals surface area (Å²) >= 11 is 0. The van der Waals surface area contributed by atoms with Crippen molar-refractivity contribution in [2.45, 2.75) is 16.5 Å². The number of aliphatic carboxylic acids is 1. The van der Waals surface area contributed by atoms with E-state index in [4.69, 9.17) is 4.74 Å². The van der Waals surface area contributed by atoms with Crippen molar-refractivity contribution >= 4 is 31.9 Å². The van der Waals surface area contributed by atoms with E-state index in [1.807, 2.05) is 5.32 Å². The minimum atomic E-state index is -9.91. The minimum Gasteiger partial charge on any atom is -0.480 e. The Bertz CT molecular complexity index is 886. The van der Waals surface area contributed by atoms with E-state index in [9.17, 15) is 42.5 Å². The maximum Gasteiger partial charge on any atom is 0.329 e. The largest absolute Gasteiger partial charge is 0.480 e. The van der Waals surface area contributed by atoms with E-state index in [1.165, 1.54) is 0 Å². The molecule has 27 heavy (non-hydrogen) atoms. The number of halogens is 5. The highest BCUT2D eigenvalue weighted by Crippen LogP contribution is 3.02. The number of carboxylic acid groups (broad SMARTS) is 1. The van der Waals surface area contributed by atoms with Gasteiger partial charge < -0.3 is 15.2 Å². The zero-order chi connectivity index (χ0) is 21.0. The van der Waals surface area contributed by atoms with Crippen molar-refractivity contribution in [2.24, 2.45) is 0 Å². The predicted octanol–water partition coefficient (Wildman–Crippen LogP) is 2.34. The van der Waals surface area contributed by atoms with Crippen LogP contribution < -0.4 is 5.32 Å². The fourth-order valence-electron chi connectivity index (χ4n) is 2.60. The summed E-state index contributed by atoms with van der Waals surface area (Å²) in [5.74, 6) is -4.20. The first kappa shape index (κ1) is 21.4. The maximum atomic E-state index is 12.7. The third-order valence-corrected chi connectivity index (χ3v) is 6.97. The Labute approximate surface area is 150 Å². The highest BCUT2D eigenvalue weighted by Gasteiger charge is 2.65. The lowest BCUT2D eigenvalue weighted by Gasteiger charge is -2.43. The highest BCUT2D eigenvalue weighted by molar-refractivity contribution is 8.45.